The summed E-state index contributed by atoms with van der Waals surface area (Å²) in [7, 11) is 1.63. The van der Waals surface area contributed by atoms with Gasteiger partial charge in [-0.2, -0.15) is 0 Å². The second kappa shape index (κ2) is 11.9. The third kappa shape index (κ3) is 6.25. The van der Waals surface area contributed by atoms with Crippen LogP contribution >= 0.6 is 0 Å². The molecule has 1 aliphatic rings. The molecule has 1 fully saturated rings. The van der Waals surface area contributed by atoms with E-state index in [-0.39, 0.29) is 18.3 Å². The van der Waals surface area contributed by atoms with Crippen molar-refractivity contribution in [1.29, 1.82) is 0 Å². The molecule has 0 N–H and O–H groups in total. The first-order valence-corrected chi connectivity index (χ1v) is 10.9. The van der Waals surface area contributed by atoms with Crippen molar-refractivity contribution in [3.05, 3.63) is 108 Å². The highest BCUT2D eigenvalue weighted by atomic mass is 16.7. The summed E-state index contributed by atoms with van der Waals surface area (Å²) in [6.07, 6.45) is -1.51. The molecule has 168 valence electrons. The van der Waals surface area contributed by atoms with E-state index in [9.17, 15) is 0 Å². The second-order valence-electron chi connectivity index (χ2n) is 7.80. The highest BCUT2D eigenvalue weighted by Crippen LogP contribution is 2.29. The van der Waals surface area contributed by atoms with Gasteiger partial charge in [-0.3, -0.25) is 0 Å². The summed E-state index contributed by atoms with van der Waals surface area (Å²) in [5.74, 6) is 0. The van der Waals surface area contributed by atoms with E-state index in [0.29, 0.717) is 26.4 Å². The minimum Gasteiger partial charge on any atom is -0.374 e. The molecule has 32 heavy (non-hydrogen) atoms. The fourth-order valence-electron chi connectivity index (χ4n) is 3.79. The number of hydrogen-bond donors (Lipinski definition) is 0. The van der Waals surface area contributed by atoms with E-state index in [1.165, 1.54) is 0 Å². The van der Waals surface area contributed by atoms with Crippen LogP contribution in [0.25, 0.3) is 0 Å². The first kappa shape index (κ1) is 22.6. The average Bonchev–Trinajstić information content (AvgIpc) is 3.19. The minimum absolute atomic E-state index is 0.298. The van der Waals surface area contributed by atoms with E-state index < -0.39 is 6.29 Å². The summed E-state index contributed by atoms with van der Waals surface area (Å²) < 4.78 is 30.3. The van der Waals surface area contributed by atoms with E-state index in [0.717, 1.165) is 16.7 Å². The van der Waals surface area contributed by atoms with Crippen molar-refractivity contribution < 1.29 is 23.7 Å². The first-order valence-electron chi connectivity index (χ1n) is 10.9. The lowest BCUT2D eigenvalue weighted by Gasteiger charge is -2.24. The molecule has 0 bridgehead atoms. The maximum absolute atomic E-state index is 6.33. The standard InChI is InChI=1S/C27H30O5/c1-28-27-26(31-19-23-15-9-4-10-16-23)25(30-18-22-13-7-3-8-14-22)24(32-27)20-29-17-21-11-5-2-6-12-21/h2-16,24-27H,17-20H2,1H3/t24-,25+,26-,27+/m1/s1. The molecule has 0 unspecified atom stereocenters. The SMILES string of the molecule is CO[C@H]1O[C@H](COCc2ccccc2)[C@H](OCc2ccccc2)[C@H]1OCc1ccccc1. The van der Waals surface area contributed by atoms with Gasteiger partial charge in [0, 0.05) is 7.11 Å². The fraction of sp³-hybridized carbons (Fsp3) is 0.333. The molecule has 0 aliphatic carbocycles. The number of benzene rings is 3. The molecule has 5 heteroatoms. The summed E-state index contributed by atoms with van der Waals surface area (Å²) in [6, 6.07) is 30.3. The number of rotatable bonds is 11. The number of methoxy groups -OCH3 is 1. The van der Waals surface area contributed by atoms with Crippen molar-refractivity contribution in [3.8, 4) is 0 Å². The normalized spacial score (nSPS) is 22.8. The third-order valence-corrected chi connectivity index (χ3v) is 5.46. The molecule has 1 saturated heterocycles. The van der Waals surface area contributed by atoms with Gasteiger partial charge in [-0.25, -0.2) is 0 Å². The molecule has 4 rings (SSSR count). The number of ether oxygens (including phenoxy) is 5. The van der Waals surface area contributed by atoms with E-state index in [1.807, 2.05) is 91.0 Å². The Kier molecular flexibility index (Phi) is 8.42. The molecule has 0 amide bonds. The molecule has 0 spiro atoms. The zero-order valence-electron chi connectivity index (χ0n) is 18.3. The van der Waals surface area contributed by atoms with Crippen LogP contribution in [-0.2, 0) is 43.5 Å². The smallest absolute Gasteiger partial charge is 0.186 e. The molecular formula is C27H30O5. The van der Waals surface area contributed by atoms with Crippen LogP contribution in [0.1, 0.15) is 16.7 Å². The largest absolute Gasteiger partial charge is 0.374 e. The Morgan fingerprint density at radius 2 is 1.09 bits per heavy atom. The summed E-state index contributed by atoms with van der Waals surface area (Å²) >= 11 is 0. The van der Waals surface area contributed by atoms with Gasteiger partial charge < -0.3 is 23.7 Å². The Labute approximate surface area is 189 Å². The van der Waals surface area contributed by atoms with Crippen LogP contribution in [-0.4, -0.2) is 38.3 Å². The van der Waals surface area contributed by atoms with Gasteiger partial charge in [0.05, 0.1) is 26.4 Å². The van der Waals surface area contributed by atoms with Crippen molar-refractivity contribution >= 4 is 0 Å². The van der Waals surface area contributed by atoms with Gasteiger partial charge in [0.1, 0.15) is 18.3 Å². The van der Waals surface area contributed by atoms with E-state index in [1.54, 1.807) is 7.11 Å². The third-order valence-electron chi connectivity index (χ3n) is 5.46. The van der Waals surface area contributed by atoms with E-state index >= 15 is 0 Å². The molecule has 0 radical (unpaired) electrons. The Morgan fingerprint density at radius 1 is 0.625 bits per heavy atom. The van der Waals surface area contributed by atoms with Crippen LogP contribution < -0.4 is 0 Å². The Bertz CT molecular complexity index is 903. The highest BCUT2D eigenvalue weighted by Gasteiger charge is 2.46. The lowest BCUT2D eigenvalue weighted by atomic mass is 10.1. The topological polar surface area (TPSA) is 46.2 Å². The lowest BCUT2D eigenvalue weighted by Crippen LogP contribution is -2.39. The molecule has 1 aliphatic heterocycles. The van der Waals surface area contributed by atoms with Crippen molar-refractivity contribution in [2.24, 2.45) is 0 Å². The predicted octanol–water partition coefficient (Wildman–Crippen LogP) is 4.75. The van der Waals surface area contributed by atoms with Crippen molar-refractivity contribution in [2.45, 2.75) is 44.4 Å². The molecule has 1 heterocycles. The monoisotopic (exact) mass is 434 g/mol. The fourth-order valence-corrected chi connectivity index (χ4v) is 3.79. The molecule has 4 atom stereocenters. The Morgan fingerprint density at radius 3 is 1.59 bits per heavy atom. The summed E-state index contributed by atoms with van der Waals surface area (Å²) in [4.78, 5) is 0. The van der Waals surface area contributed by atoms with Gasteiger partial charge in [-0.1, -0.05) is 91.0 Å². The number of hydrogen-bond acceptors (Lipinski definition) is 5. The Hall–Kier alpha value is -2.54. The van der Waals surface area contributed by atoms with Crippen molar-refractivity contribution in [3.63, 3.8) is 0 Å². The van der Waals surface area contributed by atoms with Gasteiger partial charge in [-0.15, -0.1) is 0 Å². The van der Waals surface area contributed by atoms with E-state index in [4.69, 9.17) is 23.7 Å². The first-order chi connectivity index (χ1) is 15.8. The van der Waals surface area contributed by atoms with Gasteiger partial charge in [-0.05, 0) is 16.7 Å². The molecule has 3 aromatic rings. The molecule has 3 aromatic carbocycles. The van der Waals surface area contributed by atoms with Gasteiger partial charge >= 0.3 is 0 Å². The molecular weight excluding hydrogens is 404 g/mol. The lowest BCUT2D eigenvalue weighted by molar-refractivity contribution is -0.170. The van der Waals surface area contributed by atoms with Crippen LogP contribution in [0, 0.1) is 0 Å². The second-order valence-corrected chi connectivity index (χ2v) is 7.80. The van der Waals surface area contributed by atoms with Gasteiger partial charge in [0.2, 0.25) is 0 Å². The maximum Gasteiger partial charge on any atom is 0.186 e. The summed E-state index contributed by atoms with van der Waals surface area (Å²) in [5, 5.41) is 0. The average molecular weight is 435 g/mol. The highest BCUT2D eigenvalue weighted by molar-refractivity contribution is 5.15. The van der Waals surface area contributed by atoms with Crippen LogP contribution in [0.15, 0.2) is 91.0 Å². The van der Waals surface area contributed by atoms with Crippen LogP contribution in [0.5, 0.6) is 0 Å². The van der Waals surface area contributed by atoms with Crippen molar-refractivity contribution in [2.75, 3.05) is 13.7 Å². The zero-order chi connectivity index (χ0) is 22.0. The molecule has 5 nitrogen and oxygen atoms in total. The molecule has 0 saturated carbocycles. The van der Waals surface area contributed by atoms with Crippen molar-refractivity contribution in [1.82, 2.24) is 0 Å². The van der Waals surface area contributed by atoms with E-state index in [2.05, 4.69) is 0 Å². The van der Waals surface area contributed by atoms with Gasteiger partial charge in [0.15, 0.2) is 6.29 Å². The Balaban J connectivity index is 1.42. The maximum atomic E-state index is 6.33. The van der Waals surface area contributed by atoms with Gasteiger partial charge in [0.25, 0.3) is 0 Å². The summed E-state index contributed by atoms with van der Waals surface area (Å²) in [5.41, 5.74) is 3.31. The minimum atomic E-state index is -0.523. The van der Waals surface area contributed by atoms with Crippen LogP contribution in [0.3, 0.4) is 0 Å². The quantitative estimate of drug-likeness (QED) is 0.436. The van der Waals surface area contributed by atoms with Crippen LogP contribution in [0.2, 0.25) is 0 Å². The zero-order valence-corrected chi connectivity index (χ0v) is 18.3. The van der Waals surface area contributed by atoms with Crippen LogP contribution in [0.4, 0.5) is 0 Å². The predicted molar refractivity (Wildman–Crippen MR) is 122 cm³/mol. The summed E-state index contributed by atoms with van der Waals surface area (Å²) in [6.45, 7) is 1.82. The molecule has 0 aromatic heterocycles.